The number of nitrogens with zero attached hydrogens (tertiary/aromatic N) is 4. The Balaban J connectivity index is 1.48. The van der Waals surface area contributed by atoms with Gasteiger partial charge in [0.2, 0.25) is 5.88 Å². The first-order valence-electron chi connectivity index (χ1n) is 10.5. The Morgan fingerprint density at radius 2 is 1.69 bits per heavy atom. The third-order valence-corrected chi connectivity index (χ3v) is 4.58. The van der Waals surface area contributed by atoms with Crippen LogP contribution < -0.4 is 4.74 Å². The predicted octanol–water partition coefficient (Wildman–Crippen LogP) is 5.16. The van der Waals surface area contributed by atoms with Crippen LogP contribution in [-0.4, -0.2) is 31.5 Å². The van der Waals surface area contributed by atoms with E-state index >= 15 is 0 Å². The summed E-state index contributed by atoms with van der Waals surface area (Å²) in [6.07, 6.45) is 7.90. The van der Waals surface area contributed by atoms with Crippen LogP contribution in [0.4, 0.5) is 0 Å². The lowest BCUT2D eigenvalue weighted by Crippen LogP contribution is -2.23. The van der Waals surface area contributed by atoms with E-state index in [1.807, 2.05) is 51.1 Å². The maximum Gasteiger partial charge on any atom is 0.306 e. The van der Waals surface area contributed by atoms with Gasteiger partial charge in [-0.3, -0.25) is 4.79 Å². The number of esters is 1. The van der Waals surface area contributed by atoms with Gasteiger partial charge in [0, 0.05) is 37.0 Å². The standard InChI is InChI=1S/C24H27ClN4O3/c1-24(2,3)32-23(30)6-4-5-17-7-10-20(11-8-17)31-22-13-19(28-16-29-22)9-12-21-26-14-18(25)15-27-21/h7-8,10-11,13-16H,4-6,9,12H2,1-3H3. The van der Waals surface area contributed by atoms with Crippen LogP contribution in [0.15, 0.2) is 49.1 Å². The highest BCUT2D eigenvalue weighted by molar-refractivity contribution is 6.30. The van der Waals surface area contributed by atoms with Crippen LogP contribution in [0.1, 0.15) is 50.7 Å². The van der Waals surface area contributed by atoms with Gasteiger partial charge in [-0.2, -0.15) is 0 Å². The van der Waals surface area contributed by atoms with Crippen LogP contribution in [0, 0.1) is 0 Å². The summed E-state index contributed by atoms with van der Waals surface area (Å²) in [7, 11) is 0. The molecule has 0 saturated heterocycles. The van der Waals surface area contributed by atoms with Crippen LogP contribution in [0.2, 0.25) is 5.02 Å². The number of carbonyl (C=O) groups is 1. The molecule has 0 fully saturated rings. The summed E-state index contributed by atoms with van der Waals surface area (Å²) in [5.41, 5.74) is 1.53. The van der Waals surface area contributed by atoms with E-state index in [1.54, 1.807) is 12.4 Å². The summed E-state index contributed by atoms with van der Waals surface area (Å²) in [6, 6.07) is 9.58. The number of halogens is 1. The Morgan fingerprint density at radius 3 is 2.38 bits per heavy atom. The SMILES string of the molecule is CC(C)(C)OC(=O)CCCc1ccc(Oc2cc(CCc3ncc(Cl)cn3)ncn2)cc1. The molecule has 0 bridgehead atoms. The van der Waals surface area contributed by atoms with Gasteiger partial charge in [0.25, 0.3) is 0 Å². The molecule has 0 aliphatic rings. The summed E-state index contributed by atoms with van der Waals surface area (Å²) in [5.74, 6) is 1.70. The maximum atomic E-state index is 11.8. The van der Waals surface area contributed by atoms with E-state index in [0.717, 1.165) is 24.1 Å². The van der Waals surface area contributed by atoms with Crippen molar-refractivity contribution < 1.29 is 14.3 Å². The van der Waals surface area contributed by atoms with Gasteiger partial charge in [0.05, 0.1) is 5.02 Å². The summed E-state index contributed by atoms with van der Waals surface area (Å²) in [5, 5.41) is 0.514. The van der Waals surface area contributed by atoms with E-state index in [0.29, 0.717) is 41.7 Å². The van der Waals surface area contributed by atoms with Crippen LogP contribution in [0.3, 0.4) is 0 Å². The maximum absolute atomic E-state index is 11.8. The lowest BCUT2D eigenvalue weighted by Gasteiger charge is -2.19. The second-order valence-electron chi connectivity index (χ2n) is 8.35. The molecule has 168 valence electrons. The van der Waals surface area contributed by atoms with Crippen LogP contribution in [0.5, 0.6) is 11.6 Å². The molecule has 0 amide bonds. The van der Waals surface area contributed by atoms with Crippen molar-refractivity contribution in [3.63, 3.8) is 0 Å². The lowest BCUT2D eigenvalue weighted by molar-refractivity contribution is -0.154. The number of aromatic nitrogens is 4. The Kier molecular flexibility index (Phi) is 8.11. The molecule has 1 aromatic carbocycles. The fraction of sp³-hybridized carbons (Fsp3) is 0.375. The Morgan fingerprint density at radius 1 is 0.969 bits per heavy atom. The lowest BCUT2D eigenvalue weighted by atomic mass is 10.1. The third kappa shape index (κ3) is 8.23. The van der Waals surface area contributed by atoms with Crippen molar-refractivity contribution in [2.45, 2.75) is 58.5 Å². The molecule has 7 nitrogen and oxygen atoms in total. The highest BCUT2D eigenvalue weighted by atomic mass is 35.5. The molecular formula is C24H27ClN4O3. The fourth-order valence-corrected chi connectivity index (χ4v) is 3.05. The molecule has 0 radical (unpaired) electrons. The largest absolute Gasteiger partial charge is 0.460 e. The van der Waals surface area contributed by atoms with Crippen molar-refractivity contribution >= 4 is 17.6 Å². The van der Waals surface area contributed by atoms with Crippen molar-refractivity contribution in [2.75, 3.05) is 0 Å². The molecule has 0 unspecified atom stereocenters. The van der Waals surface area contributed by atoms with Crippen LogP contribution in [0.25, 0.3) is 0 Å². The predicted molar refractivity (Wildman–Crippen MR) is 122 cm³/mol. The van der Waals surface area contributed by atoms with Crippen molar-refractivity contribution in [1.29, 1.82) is 0 Å². The first-order chi connectivity index (χ1) is 15.3. The number of carbonyl (C=O) groups excluding carboxylic acids is 1. The average molecular weight is 455 g/mol. The van der Waals surface area contributed by atoms with Crippen molar-refractivity contribution in [2.24, 2.45) is 0 Å². The zero-order valence-corrected chi connectivity index (χ0v) is 19.3. The number of rotatable bonds is 9. The summed E-state index contributed by atoms with van der Waals surface area (Å²) >= 11 is 5.81. The summed E-state index contributed by atoms with van der Waals surface area (Å²) < 4.78 is 11.2. The molecule has 8 heteroatoms. The molecule has 3 aromatic rings. The summed E-state index contributed by atoms with van der Waals surface area (Å²) in [6.45, 7) is 5.62. The topological polar surface area (TPSA) is 87.1 Å². The number of ether oxygens (including phenoxy) is 2. The second kappa shape index (κ2) is 11.0. The molecule has 0 N–H and O–H groups in total. The fourth-order valence-electron chi connectivity index (χ4n) is 2.95. The molecule has 0 spiro atoms. The smallest absolute Gasteiger partial charge is 0.306 e. The molecule has 32 heavy (non-hydrogen) atoms. The zero-order valence-electron chi connectivity index (χ0n) is 18.5. The highest BCUT2D eigenvalue weighted by Crippen LogP contribution is 2.21. The molecule has 2 aromatic heterocycles. The Hall–Kier alpha value is -3.06. The first kappa shape index (κ1) is 23.6. The van der Waals surface area contributed by atoms with Crippen molar-refractivity contribution in [3.05, 3.63) is 71.2 Å². The molecule has 3 rings (SSSR count). The van der Waals surface area contributed by atoms with Crippen molar-refractivity contribution in [1.82, 2.24) is 19.9 Å². The first-order valence-corrected chi connectivity index (χ1v) is 10.9. The van der Waals surface area contributed by atoms with E-state index in [1.165, 1.54) is 6.33 Å². The normalized spacial score (nSPS) is 11.2. The monoisotopic (exact) mass is 454 g/mol. The molecule has 0 aliphatic heterocycles. The molecule has 0 atom stereocenters. The molecule has 2 heterocycles. The minimum atomic E-state index is -0.444. The third-order valence-electron chi connectivity index (χ3n) is 4.39. The van der Waals surface area contributed by atoms with E-state index in [-0.39, 0.29) is 5.97 Å². The van der Waals surface area contributed by atoms with E-state index in [2.05, 4.69) is 19.9 Å². The van der Waals surface area contributed by atoms with Crippen LogP contribution in [-0.2, 0) is 28.8 Å². The van der Waals surface area contributed by atoms with Gasteiger partial charge in [-0.15, -0.1) is 0 Å². The highest BCUT2D eigenvalue weighted by Gasteiger charge is 2.15. The van der Waals surface area contributed by atoms with Gasteiger partial charge in [-0.1, -0.05) is 23.7 Å². The number of benzene rings is 1. The second-order valence-corrected chi connectivity index (χ2v) is 8.79. The zero-order chi connectivity index (χ0) is 23.0. The van der Waals surface area contributed by atoms with Gasteiger partial charge in [-0.05, 0) is 57.7 Å². The van der Waals surface area contributed by atoms with Gasteiger partial charge >= 0.3 is 5.97 Å². The van der Waals surface area contributed by atoms with E-state index in [4.69, 9.17) is 21.1 Å². The van der Waals surface area contributed by atoms with Gasteiger partial charge in [0.15, 0.2) is 0 Å². The number of hydrogen-bond acceptors (Lipinski definition) is 7. The van der Waals surface area contributed by atoms with Crippen LogP contribution >= 0.6 is 11.6 Å². The minimum absolute atomic E-state index is 0.167. The quantitative estimate of drug-likeness (QED) is 0.412. The molecule has 0 aliphatic carbocycles. The van der Waals surface area contributed by atoms with E-state index < -0.39 is 5.60 Å². The van der Waals surface area contributed by atoms with Gasteiger partial charge < -0.3 is 9.47 Å². The number of aryl methyl sites for hydroxylation is 3. The molecule has 0 saturated carbocycles. The van der Waals surface area contributed by atoms with Gasteiger partial charge in [0.1, 0.15) is 23.5 Å². The molecular weight excluding hydrogens is 428 g/mol. The Labute approximate surface area is 193 Å². The van der Waals surface area contributed by atoms with Crippen molar-refractivity contribution in [3.8, 4) is 11.6 Å². The van der Waals surface area contributed by atoms with E-state index in [9.17, 15) is 4.79 Å². The minimum Gasteiger partial charge on any atom is -0.460 e. The average Bonchev–Trinajstić information content (AvgIpc) is 2.74. The van der Waals surface area contributed by atoms with Gasteiger partial charge in [-0.25, -0.2) is 19.9 Å². The summed E-state index contributed by atoms with van der Waals surface area (Å²) in [4.78, 5) is 28.7. The number of hydrogen-bond donors (Lipinski definition) is 0. The Bertz CT molecular complexity index is 1020.